The second-order valence-corrected chi connectivity index (χ2v) is 6.35. The predicted molar refractivity (Wildman–Crippen MR) is 81.5 cm³/mol. The average Bonchev–Trinajstić information content (AvgIpc) is 3.06. The second kappa shape index (κ2) is 5.72. The van der Waals surface area contributed by atoms with Crippen molar-refractivity contribution < 1.29 is 14.7 Å². The van der Waals surface area contributed by atoms with Gasteiger partial charge in [0.15, 0.2) is 0 Å². The lowest BCUT2D eigenvalue weighted by Crippen LogP contribution is -2.28. The number of amides is 1. The van der Waals surface area contributed by atoms with E-state index in [1.54, 1.807) is 11.0 Å². The SMILES string of the molecule is CN(Cc1ccc(/C=C/C(=O)O)cc1)C(=O)C1CC1(C)C. The molecule has 0 saturated heterocycles. The smallest absolute Gasteiger partial charge is 0.328 e. The van der Waals surface area contributed by atoms with E-state index in [0.717, 1.165) is 23.6 Å². The highest BCUT2D eigenvalue weighted by atomic mass is 16.4. The van der Waals surface area contributed by atoms with E-state index in [2.05, 4.69) is 13.8 Å². The number of rotatable bonds is 5. The third-order valence-electron chi connectivity index (χ3n) is 4.01. The van der Waals surface area contributed by atoms with Crippen molar-refractivity contribution in [3.8, 4) is 0 Å². The summed E-state index contributed by atoms with van der Waals surface area (Å²) in [6.45, 7) is 4.81. The van der Waals surface area contributed by atoms with E-state index in [4.69, 9.17) is 5.11 Å². The fourth-order valence-corrected chi connectivity index (χ4v) is 2.41. The number of nitrogens with zero attached hydrogens (tertiary/aromatic N) is 1. The van der Waals surface area contributed by atoms with Gasteiger partial charge >= 0.3 is 5.97 Å². The number of hydrogen-bond acceptors (Lipinski definition) is 2. The van der Waals surface area contributed by atoms with Crippen LogP contribution in [-0.4, -0.2) is 28.9 Å². The highest BCUT2D eigenvalue weighted by molar-refractivity contribution is 5.85. The molecule has 1 fully saturated rings. The first kappa shape index (κ1) is 15.3. The lowest BCUT2D eigenvalue weighted by molar-refractivity contribution is -0.133. The van der Waals surface area contributed by atoms with Crippen molar-refractivity contribution in [2.24, 2.45) is 11.3 Å². The minimum atomic E-state index is -0.962. The number of carbonyl (C=O) groups excluding carboxylic acids is 1. The summed E-state index contributed by atoms with van der Waals surface area (Å²) in [4.78, 5) is 24.4. The van der Waals surface area contributed by atoms with Crippen molar-refractivity contribution in [2.75, 3.05) is 7.05 Å². The monoisotopic (exact) mass is 287 g/mol. The van der Waals surface area contributed by atoms with Crippen LogP contribution in [0, 0.1) is 11.3 Å². The topological polar surface area (TPSA) is 57.6 Å². The molecule has 1 N–H and O–H groups in total. The van der Waals surface area contributed by atoms with Gasteiger partial charge in [-0.05, 0) is 29.0 Å². The van der Waals surface area contributed by atoms with E-state index in [1.807, 2.05) is 31.3 Å². The normalized spacial score (nSPS) is 19.5. The highest BCUT2D eigenvalue weighted by Crippen LogP contribution is 2.52. The molecule has 0 aromatic heterocycles. The number of hydrogen-bond donors (Lipinski definition) is 1. The molecule has 0 heterocycles. The number of carboxylic acids is 1. The van der Waals surface area contributed by atoms with Crippen LogP contribution in [0.4, 0.5) is 0 Å². The molecular weight excluding hydrogens is 266 g/mol. The van der Waals surface area contributed by atoms with Gasteiger partial charge in [0.2, 0.25) is 5.91 Å². The van der Waals surface area contributed by atoms with E-state index in [1.165, 1.54) is 0 Å². The van der Waals surface area contributed by atoms with Crippen LogP contribution in [-0.2, 0) is 16.1 Å². The molecule has 1 saturated carbocycles. The van der Waals surface area contributed by atoms with Crippen molar-refractivity contribution >= 4 is 18.0 Å². The second-order valence-electron chi connectivity index (χ2n) is 6.35. The molecule has 0 bridgehead atoms. The molecule has 1 atom stereocenters. The number of carbonyl (C=O) groups is 2. The predicted octanol–water partition coefficient (Wildman–Crippen LogP) is 2.79. The summed E-state index contributed by atoms with van der Waals surface area (Å²) < 4.78 is 0. The Balaban J connectivity index is 1.94. The summed E-state index contributed by atoms with van der Waals surface area (Å²) in [5.74, 6) is -0.605. The summed E-state index contributed by atoms with van der Waals surface area (Å²) in [6.07, 6.45) is 3.63. The Morgan fingerprint density at radius 2 is 1.90 bits per heavy atom. The average molecular weight is 287 g/mol. The lowest BCUT2D eigenvalue weighted by Gasteiger charge is -2.18. The Morgan fingerprint density at radius 1 is 1.33 bits per heavy atom. The molecule has 1 aliphatic rings. The molecule has 2 rings (SSSR count). The van der Waals surface area contributed by atoms with Crippen molar-refractivity contribution in [2.45, 2.75) is 26.8 Å². The van der Waals surface area contributed by atoms with Gasteiger partial charge in [-0.2, -0.15) is 0 Å². The number of carboxylic acid groups (broad SMARTS) is 1. The first-order valence-corrected chi connectivity index (χ1v) is 7.04. The molecule has 4 heteroatoms. The van der Waals surface area contributed by atoms with Crippen LogP contribution < -0.4 is 0 Å². The fraction of sp³-hybridized carbons (Fsp3) is 0.412. The van der Waals surface area contributed by atoms with Crippen LogP contribution in [0.15, 0.2) is 30.3 Å². The van der Waals surface area contributed by atoms with E-state index < -0.39 is 5.97 Å². The summed E-state index contributed by atoms with van der Waals surface area (Å²) in [5.41, 5.74) is 2.02. The molecule has 1 aromatic rings. The Kier molecular flexibility index (Phi) is 4.16. The summed E-state index contributed by atoms with van der Waals surface area (Å²) in [7, 11) is 1.83. The van der Waals surface area contributed by atoms with Gasteiger partial charge in [0.1, 0.15) is 0 Å². The third-order valence-corrected chi connectivity index (χ3v) is 4.01. The zero-order chi connectivity index (χ0) is 15.6. The maximum Gasteiger partial charge on any atom is 0.328 e. The van der Waals surface area contributed by atoms with Crippen LogP contribution in [0.3, 0.4) is 0 Å². The molecule has 1 aliphatic carbocycles. The van der Waals surface area contributed by atoms with Gasteiger partial charge in [0.05, 0.1) is 0 Å². The summed E-state index contributed by atoms with van der Waals surface area (Å²) >= 11 is 0. The van der Waals surface area contributed by atoms with Gasteiger partial charge in [-0.3, -0.25) is 4.79 Å². The van der Waals surface area contributed by atoms with Crippen molar-refractivity contribution in [1.29, 1.82) is 0 Å². The number of benzene rings is 1. The Bertz CT molecular complexity index is 572. The maximum atomic E-state index is 12.2. The van der Waals surface area contributed by atoms with Gasteiger partial charge in [0.25, 0.3) is 0 Å². The van der Waals surface area contributed by atoms with Crippen LogP contribution in [0.5, 0.6) is 0 Å². The zero-order valence-electron chi connectivity index (χ0n) is 12.7. The van der Waals surface area contributed by atoms with E-state index in [0.29, 0.717) is 6.54 Å². The van der Waals surface area contributed by atoms with Gasteiger partial charge in [0, 0.05) is 25.6 Å². The molecular formula is C17H21NO3. The molecule has 21 heavy (non-hydrogen) atoms. The van der Waals surface area contributed by atoms with Crippen LogP contribution in [0.25, 0.3) is 6.08 Å². The van der Waals surface area contributed by atoms with Gasteiger partial charge in [-0.25, -0.2) is 4.79 Å². The molecule has 112 valence electrons. The lowest BCUT2D eigenvalue weighted by atomic mass is 10.1. The Hall–Kier alpha value is -2.10. The quantitative estimate of drug-likeness (QED) is 0.847. The van der Waals surface area contributed by atoms with Gasteiger partial charge < -0.3 is 10.0 Å². The Labute approximate surface area is 125 Å². The molecule has 1 unspecified atom stereocenters. The molecule has 1 amide bonds. The largest absolute Gasteiger partial charge is 0.478 e. The first-order valence-electron chi connectivity index (χ1n) is 7.04. The van der Waals surface area contributed by atoms with E-state index in [-0.39, 0.29) is 17.2 Å². The van der Waals surface area contributed by atoms with Crippen molar-refractivity contribution in [1.82, 2.24) is 4.90 Å². The minimum absolute atomic E-state index is 0.150. The van der Waals surface area contributed by atoms with Crippen LogP contribution in [0.1, 0.15) is 31.4 Å². The Morgan fingerprint density at radius 3 is 2.38 bits per heavy atom. The summed E-state index contributed by atoms with van der Waals surface area (Å²) in [6, 6.07) is 7.55. The maximum absolute atomic E-state index is 12.2. The minimum Gasteiger partial charge on any atom is -0.478 e. The van der Waals surface area contributed by atoms with Crippen LogP contribution >= 0.6 is 0 Å². The molecule has 1 aromatic carbocycles. The molecule has 0 aliphatic heterocycles. The molecule has 0 radical (unpaired) electrons. The summed E-state index contributed by atoms with van der Waals surface area (Å²) in [5, 5.41) is 8.58. The standard InChI is InChI=1S/C17H21NO3/c1-17(2)10-14(17)16(21)18(3)11-13-6-4-12(5-7-13)8-9-15(19)20/h4-9,14H,10-11H2,1-3H3,(H,19,20)/b9-8+. The number of aliphatic carboxylic acids is 1. The zero-order valence-corrected chi connectivity index (χ0v) is 12.7. The van der Waals surface area contributed by atoms with Crippen molar-refractivity contribution in [3.63, 3.8) is 0 Å². The molecule has 4 nitrogen and oxygen atoms in total. The van der Waals surface area contributed by atoms with Gasteiger partial charge in [-0.1, -0.05) is 38.1 Å². The fourth-order valence-electron chi connectivity index (χ4n) is 2.41. The van der Waals surface area contributed by atoms with Gasteiger partial charge in [-0.15, -0.1) is 0 Å². The van der Waals surface area contributed by atoms with E-state index in [9.17, 15) is 9.59 Å². The van der Waals surface area contributed by atoms with Crippen molar-refractivity contribution in [3.05, 3.63) is 41.5 Å². The molecule has 0 spiro atoms. The highest BCUT2D eigenvalue weighted by Gasteiger charge is 2.51. The van der Waals surface area contributed by atoms with E-state index >= 15 is 0 Å². The third kappa shape index (κ3) is 3.94. The first-order chi connectivity index (χ1) is 9.79. The van der Waals surface area contributed by atoms with Crippen LogP contribution in [0.2, 0.25) is 0 Å².